The highest BCUT2D eigenvalue weighted by Crippen LogP contribution is 2.47. The molecule has 1 aliphatic rings. The second-order valence-electron chi connectivity index (χ2n) is 4.55. The minimum Gasteiger partial charge on any atom is -0.331 e. The van der Waals surface area contributed by atoms with E-state index in [2.05, 4.69) is 34.1 Å². The van der Waals surface area contributed by atoms with Gasteiger partial charge < -0.3 is 6.42 Å². The standard InChI is InChI=1S/C12H23/c1-5-7-11-8-12(10(11)4)9(3)6-2/h5,9-12H,6-8H2,1-4H3/q-1. The van der Waals surface area contributed by atoms with Crippen molar-refractivity contribution >= 4 is 0 Å². The molecular formula is C12H23-. The molecule has 1 aliphatic carbocycles. The Morgan fingerprint density at radius 3 is 2.58 bits per heavy atom. The van der Waals surface area contributed by atoms with Gasteiger partial charge in [0.05, 0.1) is 0 Å². The van der Waals surface area contributed by atoms with Crippen LogP contribution in [0.25, 0.3) is 0 Å². The van der Waals surface area contributed by atoms with Crippen molar-refractivity contribution in [1.82, 2.24) is 0 Å². The maximum atomic E-state index is 2.44. The number of hydrogen-bond donors (Lipinski definition) is 0. The molecule has 0 aromatic carbocycles. The van der Waals surface area contributed by atoms with E-state index >= 15 is 0 Å². The summed E-state index contributed by atoms with van der Waals surface area (Å²) < 4.78 is 0. The Morgan fingerprint density at radius 1 is 1.50 bits per heavy atom. The fourth-order valence-electron chi connectivity index (χ4n) is 2.60. The maximum absolute atomic E-state index is 2.44. The van der Waals surface area contributed by atoms with Crippen LogP contribution in [-0.4, -0.2) is 0 Å². The summed E-state index contributed by atoms with van der Waals surface area (Å²) >= 11 is 0. The van der Waals surface area contributed by atoms with Crippen molar-refractivity contribution in [2.75, 3.05) is 0 Å². The normalized spacial score (nSPS) is 37.5. The summed E-state index contributed by atoms with van der Waals surface area (Å²) in [5.41, 5.74) is 0. The van der Waals surface area contributed by atoms with E-state index in [1.165, 1.54) is 19.3 Å². The van der Waals surface area contributed by atoms with Crippen LogP contribution in [0.1, 0.15) is 47.0 Å². The summed E-state index contributed by atoms with van der Waals surface area (Å²) in [5, 5.41) is 0. The summed E-state index contributed by atoms with van der Waals surface area (Å²) in [6, 6.07) is 0. The largest absolute Gasteiger partial charge is 0.331 e. The first-order chi connectivity index (χ1) is 5.70. The van der Waals surface area contributed by atoms with E-state index in [0.29, 0.717) is 0 Å². The van der Waals surface area contributed by atoms with Gasteiger partial charge in [0.15, 0.2) is 0 Å². The summed E-state index contributed by atoms with van der Waals surface area (Å²) in [5.74, 6) is 3.97. The Hall–Kier alpha value is 0. The Balaban J connectivity index is 2.27. The van der Waals surface area contributed by atoms with Crippen molar-refractivity contribution < 1.29 is 0 Å². The fraction of sp³-hybridized carbons (Fsp3) is 0.917. The van der Waals surface area contributed by atoms with Crippen molar-refractivity contribution in [3.8, 4) is 0 Å². The molecule has 1 fully saturated rings. The molecule has 0 bridgehead atoms. The van der Waals surface area contributed by atoms with Crippen LogP contribution in [0.4, 0.5) is 0 Å². The van der Waals surface area contributed by atoms with Gasteiger partial charge in [0, 0.05) is 0 Å². The maximum Gasteiger partial charge on any atom is -0.0359 e. The van der Waals surface area contributed by atoms with Gasteiger partial charge in [-0.3, -0.25) is 0 Å². The van der Waals surface area contributed by atoms with Crippen molar-refractivity contribution in [3.63, 3.8) is 0 Å². The molecule has 0 heteroatoms. The highest BCUT2D eigenvalue weighted by Gasteiger charge is 2.37. The fourth-order valence-corrected chi connectivity index (χ4v) is 2.60. The van der Waals surface area contributed by atoms with Crippen molar-refractivity contribution in [3.05, 3.63) is 6.42 Å². The molecule has 0 aromatic heterocycles. The van der Waals surface area contributed by atoms with Gasteiger partial charge in [-0.2, -0.15) is 13.3 Å². The van der Waals surface area contributed by atoms with Gasteiger partial charge in [-0.05, 0) is 24.2 Å². The lowest BCUT2D eigenvalue weighted by molar-refractivity contribution is 0.0409. The zero-order valence-corrected chi connectivity index (χ0v) is 9.01. The second kappa shape index (κ2) is 4.30. The third-order valence-electron chi connectivity index (χ3n) is 3.91. The summed E-state index contributed by atoms with van der Waals surface area (Å²) in [6.07, 6.45) is 6.51. The summed E-state index contributed by atoms with van der Waals surface area (Å²) in [4.78, 5) is 0. The molecule has 12 heavy (non-hydrogen) atoms. The van der Waals surface area contributed by atoms with Crippen LogP contribution in [0.15, 0.2) is 0 Å². The molecule has 1 saturated carbocycles. The average Bonchev–Trinajstić information content (AvgIpc) is 2.09. The molecule has 0 saturated heterocycles. The Morgan fingerprint density at radius 2 is 2.17 bits per heavy atom. The van der Waals surface area contributed by atoms with Gasteiger partial charge in [0.25, 0.3) is 0 Å². The topological polar surface area (TPSA) is 0 Å². The van der Waals surface area contributed by atoms with Crippen molar-refractivity contribution in [2.45, 2.75) is 47.0 Å². The van der Waals surface area contributed by atoms with Crippen molar-refractivity contribution in [2.24, 2.45) is 23.7 Å². The molecule has 4 unspecified atom stereocenters. The average molecular weight is 167 g/mol. The zero-order valence-electron chi connectivity index (χ0n) is 9.01. The SMILES string of the molecule is C[CH-]CC1CC(C(C)CC)C1C. The lowest BCUT2D eigenvalue weighted by Crippen LogP contribution is -2.38. The third-order valence-corrected chi connectivity index (χ3v) is 3.91. The lowest BCUT2D eigenvalue weighted by atomic mass is 9.59. The Bertz CT molecular complexity index is 128. The molecule has 0 aliphatic heterocycles. The van der Waals surface area contributed by atoms with Crippen LogP contribution in [0.3, 0.4) is 0 Å². The third kappa shape index (κ3) is 1.84. The molecule has 0 aromatic rings. The van der Waals surface area contributed by atoms with Gasteiger partial charge in [-0.1, -0.05) is 33.1 Å². The smallest absolute Gasteiger partial charge is 0.0359 e. The molecule has 0 radical (unpaired) electrons. The minimum absolute atomic E-state index is 0.952. The summed E-state index contributed by atoms with van der Waals surface area (Å²) in [6.45, 7) is 9.35. The first-order valence-corrected chi connectivity index (χ1v) is 5.48. The van der Waals surface area contributed by atoms with E-state index in [1.807, 2.05) is 0 Å². The highest BCUT2D eigenvalue weighted by molar-refractivity contribution is 4.90. The quantitative estimate of drug-likeness (QED) is 0.557. The predicted molar refractivity (Wildman–Crippen MR) is 54.8 cm³/mol. The van der Waals surface area contributed by atoms with Gasteiger partial charge in [0.2, 0.25) is 0 Å². The molecule has 0 heterocycles. The summed E-state index contributed by atoms with van der Waals surface area (Å²) in [7, 11) is 0. The van der Waals surface area contributed by atoms with E-state index in [4.69, 9.17) is 0 Å². The molecule has 4 atom stereocenters. The first-order valence-electron chi connectivity index (χ1n) is 5.48. The zero-order chi connectivity index (χ0) is 9.14. The van der Waals surface area contributed by atoms with Crippen LogP contribution in [0.2, 0.25) is 0 Å². The van der Waals surface area contributed by atoms with E-state index < -0.39 is 0 Å². The number of hydrogen-bond acceptors (Lipinski definition) is 0. The lowest BCUT2D eigenvalue weighted by Gasteiger charge is -2.48. The van der Waals surface area contributed by atoms with Crippen LogP contribution < -0.4 is 0 Å². The van der Waals surface area contributed by atoms with Crippen LogP contribution >= 0.6 is 0 Å². The molecule has 0 spiro atoms. The van der Waals surface area contributed by atoms with Crippen molar-refractivity contribution in [1.29, 1.82) is 0 Å². The molecular weight excluding hydrogens is 144 g/mol. The predicted octanol–water partition coefficient (Wildman–Crippen LogP) is 3.92. The van der Waals surface area contributed by atoms with E-state index in [1.54, 1.807) is 0 Å². The molecule has 1 rings (SSSR count). The minimum atomic E-state index is 0.952. The van der Waals surface area contributed by atoms with Gasteiger partial charge in [-0.15, -0.1) is 0 Å². The van der Waals surface area contributed by atoms with E-state index in [-0.39, 0.29) is 0 Å². The monoisotopic (exact) mass is 167 g/mol. The highest BCUT2D eigenvalue weighted by atomic mass is 14.4. The van der Waals surface area contributed by atoms with Gasteiger partial charge >= 0.3 is 0 Å². The van der Waals surface area contributed by atoms with Crippen LogP contribution in [0.5, 0.6) is 0 Å². The van der Waals surface area contributed by atoms with E-state index in [0.717, 1.165) is 23.7 Å². The van der Waals surface area contributed by atoms with Crippen LogP contribution in [0, 0.1) is 30.1 Å². The molecule has 0 nitrogen and oxygen atoms in total. The second-order valence-corrected chi connectivity index (χ2v) is 4.55. The first kappa shape index (κ1) is 10.1. The Kier molecular flexibility index (Phi) is 3.61. The molecule has 0 N–H and O–H groups in total. The van der Waals surface area contributed by atoms with Crippen LogP contribution in [-0.2, 0) is 0 Å². The molecule has 0 amide bonds. The number of rotatable bonds is 4. The van der Waals surface area contributed by atoms with E-state index in [9.17, 15) is 0 Å². The molecule has 72 valence electrons. The Labute approximate surface area is 77.7 Å². The van der Waals surface area contributed by atoms with Gasteiger partial charge in [0.1, 0.15) is 0 Å². The van der Waals surface area contributed by atoms with Gasteiger partial charge in [-0.25, -0.2) is 0 Å².